The first-order valence-electron chi connectivity index (χ1n) is 4.22. The van der Waals surface area contributed by atoms with E-state index in [9.17, 15) is 0 Å². The van der Waals surface area contributed by atoms with E-state index >= 15 is 0 Å². The van der Waals surface area contributed by atoms with Crippen molar-refractivity contribution in [3.05, 3.63) is 0 Å². The Labute approximate surface area is 72.0 Å². The maximum atomic E-state index is 5.45. The Morgan fingerprint density at radius 1 is 1.58 bits per heavy atom. The van der Waals surface area contributed by atoms with Crippen molar-refractivity contribution >= 4 is 0 Å². The van der Waals surface area contributed by atoms with Crippen molar-refractivity contribution in [2.45, 2.75) is 25.4 Å². The fourth-order valence-electron chi connectivity index (χ4n) is 1.69. The largest absolute Gasteiger partial charge is 0.352 e. The zero-order chi connectivity index (χ0) is 8.39. The van der Waals surface area contributed by atoms with Gasteiger partial charge in [-0.05, 0) is 6.42 Å². The highest BCUT2D eigenvalue weighted by atomic mass is 16.8. The second-order valence-electron chi connectivity index (χ2n) is 3.10. The molecule has 2 saturated heterocycles. The molecule has 0 amide bonds. The molecule has 12 heavy (non-hydrogen) atoms. The number of terminal acetylenes is 1. The lowest BCUT2D eigenvalue weighted by molar-refractivity contribution is -0.192. The van der Waals surface area contributed by atoms with Crippen LogP contribution in [0.2, 0.25) is 0 Å². The van der Waals surface area contributed by atoms with Crippen molar-refractivity contribution in [1.29, 1.82) is 0 Å². The second-order valence-corrected chi connectivity index (χ2v) is 3.10. The molecule has 2 aliphatic rings. The van der Waals surface area contributed by atoms with Crippen molar-refractivity contribution in [1.82, 2.24) is 0 Å². The summed E-state index contributed by atoms with van der Waals surface area (Å²) in [6.45, 7) is 1.14. The molecular weight excluding hydrogens is 156 g/mol. The van der Waals surface area contributed by atoms with E-state index in [-0.39, 0.29) is 12.6 Å². The molecule has 2 heterocycles. The summed E-state index contributed by atoms with van der Waals surface area (Å²) in [4.78, 5) is 0. The summed E-state index contributed by atoms with van der Waals surface area (Å²) in [5, 5.41) is 0. The average Bonchev–Trinajstić information content (AvgIpc) is 2.58. The van der Waals surface area contributed by atoms with Crippen LogP contribution in [0, 0.1) is 18.3 Å². The van der Waals surface area contributed by atoms with E-state index in [0.29, 0.717) is 12.5 Å². The van der Waals surface area contributed by atoms with Crippen LogP contribution in [0.5, 0.6) is 0 Å². The van der Waals surface area contributed by atoms with E-state index in [2.05, 4.69) is 5.92 Å². The zero-order valence-corrected chi connectivity index (χ0v) is 6.86. The average molecular weight is 168 g/mol. The molecule has 0 spiro atoms. The Kier molecular flexibility index (Phi) is 2.31. The summed E-state index contributed by atoms with van der Waals surface area (Å²) in [6.07, 6.45) is 6.89. The van der Waals surface area contributed by atoms with Crippen LogP contribution in [0.25, 0.3) is 0 Å². The normalized spacial score (nSPS) is 39.4. The van der Waals surface area contributed by atoms with Crippen molar-refractivity contribution in [3.8, 4) is 12.3 Å². The lowest BCUT2D eigenvalue weighted by Gasteiger charge is -2.10. The fraction of sp³-hybridized carbons (Fsp3) is 0.778. The molecule has 3 heteroatoms. The highest BCUT2D eigenvalue weighted by Crippen LogP contribution is 2.34. The molecule has 66 valence electrons. The van der Waals surface area contributed by atoms with Gasteiger partial charge >= 0.3 is 0 Å². The molecule has 2 rings (SSSR count). The second kappa shape index (κ2) is 3.44. The predicted molar refractivity (Wildman–Crippen MR) is 42.1 cm³/mol. The van der Waals surface area contributed by atoms with Crippen LogP contribution in [-0.2, 0) is 14.2 Å². The van der Waals surface area contributed by atoms with E-state index in [0.717, 1.165) is 19.4 Å². The summed E-state index contributed by atoms with van der Waals surface area (Å²) in [5.74, 6) is 2.94. The van der Waals surface area contributed by atoms with Crippen LogP contribution in [0.3, 0.4) is 0 Å². The van der Waals surface area contributed by atoms with Gasteiger partial charge in [-0.2, -0.15) is 0 Å². The van der Waals surface area contributed by atoms with Crippen molar-refractivity contribution in [3.63, 3.8) is 0 Å². The van der Waals surface area contributed by atoms with Crippen molar-refractivity contribution < 1.29 is 14.2 Å². The first-order valence-corrected chi connectivity index (χ1v) is 4.22. The summed E-state index contributed by atoms with van der Waals surface area (Å²) in [6, 6.07) is 0. The summed E-state index contributed by atoms with van der Waals surface area (Å²) in [7, 11) is 0. The molecule has 0 N–H and O–H groups in total. The van der Waals surface area contributed by atoms with Crippen LogP contribution < -0.4 is 0 Å². The third-order valence-corrected chi connectivity index (χ3v) is 2.29. The van der Waals surface area contributed by atoms with Gasteiger partial charge in [0.05, 0.1) is 6.61 Å². The van der Waals surface area contributed by atoms with Crippen LogP contribution in [0.4, 0.5) is 0 Å². The summed E-state index contributed by atoms with van der Waals surface area (Å²) >= 11 is 0. The lowest BCUT2D eigenvalue weighted by Crippen LogP contribution is -2.15. The standard InChI is InChI=1S/C9H12O3/c1-2-4-10-8-6-7-3-5-11-9(7)12-8/h1,7-9H,3-6H2/t7?,8?,9-/m1/s1. The third kappa shape index (κ3) is 1.46. The SMILES string of the molecule is C#CCOC1CC2CCO[C@@H]2O1. The van der Waals surface area contributed by atoms with E-state index < -0.39 is 0 Å². The molecule has 0 bridgehead atoms. The molecule has 0 aromatic carbocycles. The van der Waals surface area contributed by atoms with Gasteiger partial charge < -0.3 is 14.2 Å². The minimum absolute atomic E-state index is 0.0345. The molecule has 0 saturated carbocycles. The minimum Gasteiger partial charge on any atom is -0.352 e. The highest BCUT2D eigenvalue weighted by Gasteiger charge is 2.39. The fourth-order valence-corrected chi connectivity index (χ4v) is 1.69. The van der Waals surface area contributed by atoms with E-state index in [1.165, 1.54) is 0 Å². The topological polar surface area (TPSA) is 27.7 Å². The van der Waals surface area contributed by atoms with E-state index in [4.69, 9.17) is 20.6 Å². The van der Waals surface area contributed by atoms with Gasteiger partial charge in [-0.3, -0.25) is 0 Å². The van der Waals surface area contributed by atoms with Gasteiger partial charge in [0.25, 0.3) is 0 Å². The Morgan fingerprint density at radius 2 is 2.50 bits per heavy atom. The molecule has 2 aliphatic heterocycles. The highest BCUT2D eigenvalue weighted by molar-refractivity contribution is 4.84. The molecule has 0 aromatic rings. The molecule has 2 unspecified atom stereocenters. The molecule has 0 radical (unpaired) electrons. The van der Waals surface area contributed by atoms with Gasteiger partial charge in [0.1, 0.15) is 6.61 Å². The zero-order valence-electron chi connectivity index (χ0n) is 6.86. The smallest absolute Gasteiger partial charge is 0.163 e. The number of hydrogen-bond acceptors (Lipinski definition) is 3. The summed E-state index contributed by atoms with van der Waals surface area (Å²) < 4.78 is 16.0. The maximum absolute atomic E-state index is 5.45. The predicted octanol–water partition coefficient (Wildman–Crippen LogP) is 0.745. The number of rotatable bonds is 2. The van der Waals surface area contributed by atoms with Gasteiger partial charge in [-0.15, -0.1) is 6.42 Å². The lowest BCUT2D eigenvalue weighted by atomic mass is 10.1. The summed E-state index contributed by atoms with van der Waals surface area (Å²) in [5.41, 5.74) is 0. The number of fused-ring (bicyclic) bond motifs is 1. The molecule has 3 atom stereocenters. The Morgan fingerprint density at radius 3 is 3.25 bits per heavy atom. The molecule has 3 nitrogen and oxygen atoms in total. The Balaban J connectivity index is 1.80. The van der Waals surface area contributed by atoms with E-state index in [1.54, 1.807) is 0 Å². The van der Waals surface area contributed by atoms with Gasteiger partial charge in [0.2, 0.25) is 0 Å². The van der Waals surface area contributed by atoms with Crippen molar-refractivity contribution in [2.75, 3.05) is 13.2 Å². The molecule has 2 fully saturated rings. The number of hydrogen-bond donors (Lipinski definition) is 0. The monoisotopic (exact) mass is 168 g/mol. The van der Waals surface area contributed by atoms with Crippen molar-refractivity contribution in [2.24, 2.45) is 5.92 Å². The third-order valence-electron chi connectivity index (χ3n) is 2.29. The first-order chi connectivity index (χ1) is 5.90. The molecule has 0 aliphatic carbocycles. The van der Waals surface area contributed by atoms with Gasteiger partial charge in [-0.25, -0.2) is 0 Å². The van der Waals surface area contributed by atoms with Gasteiger partial charge in [-0.1, -0.05) is 5.92 Å². The molecular formula is C9H12O3. The Hall–Kier alpha value is -0.560. The van der Waals surface area contributed by atoms with Gasteiger partial charge in [0, 0.05) is 12.3 Å². The van der Waals surface area contributed by atoms with Crippen LogP contribution in [0.1, 0.15) is 12.8 Å². The quantitative estimate of drug-likeness (QED) is 0.569. The minimum atomic E-state index is -0.142. The van der Waals surface area contributed by atoms with Crippen LogP contribution in [-0.4, -0.2) is 25.8 Å². The van der Waals surface area contributed by atoms with Gasteiger partial charge in [0.15, 0.2) is 12.6 Å². The first kappa shape index (κ1) is 8.06. The maximum Gasteiger partial charge on any atom is 0.163 e. The number of ether oxygens (including phenoxy) is 3. The molecule has 0 aromatic heterocycles. The Bertz CT molecular complexity index is 184. The van der Waals surface area contributed by atoms with Crippen LogP contribution in [0.15, 0.2) is 0 Å². The van der Waals surface area contributed by atoms with Crippen LogP contribution >= 0.6 is 0 Å². The van der Waals surface area contributed by atoms with E-state index in [1.807, 2.05) is 0 Å².